The minimum atomic E-state index is 0.735. The van der Waals surface area contributed by atoms with Crippen molar-refractivity contribution in [2.45, 2.75) is 26.2 Å². The molecule has 0 aliphatic carbocycles. The summed E-state index contributed by atoms with van der Waals surface area (Å²) in [5.74, 6) is 1.80. The third-order valence-electron chi connectivity index (χ3n) is 3.74. The largest absolute Gasteiger partial charge is 0.488 e. The van der Waals surface area contributed by atoms with Crippen LogP contribution < -0.4 is 4.74 Å². The number of aryl methyl sites for hydroxylation is 1. The maximum atomic E-state index is 5.90. The molecule has 2 heterocycles. The van der Waals surface area contributed by atoms with E-state index in [9.17, 15) is 0 Å². The summed E-state index contributed by atoms with van der Waals surface area (Å²) >= 11 is 0. The molecule has 1 fully saturated rings. The zero-order valence-corrected chi connectivity index (χ0v) is 11.5. The van der Waals surface area contributed by atoms with Crippen LogP contribution in [0.25, 0.3) is 11.0 Å². The van der Waals surface area contributed by atoms with Crippen molar-refractivity contribution in [3.63, 3.8) is 0 Å². The number of fused-ring (bicyclic) bond motifs is 1. The molecule has 102 valence electrons. The molecule has 3 nitrogen and oxygen atoms in total. The van der Waals surface area contributed by atoms with E-state index in [1.54, 1.807) is 0 Å². The molecule has 19 heavy (non-hydrogen) atoms. The highest BCUT2D eigenvalue weighted by molar-refractivity contribution is 5.83. The first-order valence-electron chi connectivity index (χ1n) is 7.17. The van der Waals surface area contributed by atoms with Crippen molar-refractivity contribution in [2.75, 3.05) is 26.2 Å². The van der Waals surface area contributed by atoms with E-state index in [4.69, 9.17) is 9.15 Å². The summed E-state index contributed by atoms with van der Waals surface area (Å²) in [6.07, 6.45) is 4.03. The molecular formula is C16H21NO2. The summed E-state index contributed by atoms with van der Waals surface area (Å²) in [6, 6.07) is 8.12. The first kappa shape index (κ1) is 12.5. The lowest BCUT2D eigenvalue weighted by molar-refractivity contribution is 0.183. The number of para-hydroxylation sites is 1. The zero-order valence-electron chi connectivity index (χ0n) is 11.5. The van der Waals surface area contributed by atoms with E-state index < -0.39 is 0 Å². The Morgan fingerprint density at radius 1 is 1.21 bits per heavy atom. The maximum Gasteiger partial charge on any atom is 0.176 e. The van der Waals surface area contributed by atoms with Crippen molar-refractivity contribution < 1.29 is 9.15 Å². The molecule has 1 aromatic heterocycles. The molecule has 0 N–H and O–H groups in total. The van der Waals surface area contributed by atoms with Crippen LogP contribution in [-0.4, -0.2) is 31.1 Å². The molecule has 1 aromatic carbocycles. The van der Waals surface area contributed by atoms with E-state index in [0.717, 1.165) is 35.6 Å². The molecule has 1 saturated heterocycles. The lowest BCUT2D eigenvalue weighted by Crippen LogP contribution is -2.33. The molecule has 2 aromatic rings. The molecule has 0 amide bonds. The van der Waals surface area contributed by atoms with Crippen LogP contribution >= 0.6 is 0 Å². The zero-order chi connectivity index (χ0) is 13.1. The summed E-state index contributed by atoms with van der Waals surface area (Å²) in [5.41, 5.74) is 0.874. The number of hydrogen-bond donors (Lipinski definition) is 0. The highest BCUT2D eigenvalue weighted by atomic mass is 16.5. The van der Waals surface area contributed by atoms with Gasteiger partial charge in [-0.1, -0.05) is 18.6 Å². The highest BCUT2D eigenvalue weighted by Crippen LogP contribution is 2.28. The first-order valence-corrected chi connectivity index (χ1v) is 7.17. The van der Waals surface area contributed by atoms with Crippen LogP contribution in [0.15, 0.2) is 28.7 Å². The van der Waals surface area contributed by atoms with Crippen molar-refractivity contribution in [1.29, 1.82) is 0 Å². The number of benzene rings is 1. The maximum absolute atomic E-state index is 5.90. The number of likely N-dealkylation sites (tertiary alicyclic amines) is 1. The first-order chi connectivity index (χ1) is 9.33. The Labute approximate surface area is 114 Å². The van der Waals surface area contributed by atoms with Gasteiger partial charge in [-0.25, -0.2) is 0 Å². The second-order valence-corrected chi connectivity index (χ2v) is 5.28. The van der Waals surface area contributed by atoms with E-state index >= 15 is 0 Å². The van der Waals surface area contributed by atoms with Crippen LogP contribution in [0.4, 0.5) is 0 Å². The number of ether oxygens (including phenoxy) is 1. The Morgan fingerprint density at radius 2 is 2.05 bits per heavy atom. The van der Waals surface area contributed by atoms with Crippen LogP contribution in [0.5, 0.6) is 5.75 Å². The van der Waals surface area contributed by atoms with Crippen LogP contribution in [0.3, 0.4) is 0 Å². The molecule has 0 bridgehead atoms. The molecule has 0 atom stereocenters. The second-order valence-electron chi connectivity index (χ2n) is 5.28. The highest BCUT2D eigenvalue weighted by Gasteiger charge is 2.11. The predicted molar refractivity (Wildman–Crippen MR) is 76.7 cm³/mol. The molecule has 0 radical (unpaired) electrons. The number of nitrogens with zero attached hydrogens (tertiary/aromatic N) is 1. The molecule has 3 rings (SSSR count). The van der Waals surface area contributed by atoms with Gasteiger partial charge in [0.2, 0.25) is 0 Å². The Kier molecular flexibility index (Phi) is 3.74. The van der Waals surface area contributed by atoms with Crippen LogP contribution in [0.1, 0.15) is 25.0 Å². The Morgan fingerprint density at radius 3 is 2.89 bits per heavy atom. The van der Waals surface area contributed by atoms with Gasteiger partial charge in [0.05, 0.1) is 0 Å². The smallest absolute Gasteiger partial charge is 0.176 e. The second kappa shape index (κ2) is 5.66. The predicted octanol–water partition coefficient (Wildman–Crippen LogP) is 3.61. The van der Waals surface area contributed by atoms with Gasteiger partial charge in [-0.15, -0.1) is 0 Å². The Bertz CT molecular complexity index is 541. The molecule has 0 spiro atoms. The molecule has 1 aliphatic rings. The van der Waals surface area contributed by atoms with Gasteiger partial charge in [0, 0.05) is 11.9 Å². The Balaban J connectivity index is 1.61. The van der Waals surface area contributed by atoms with Gasteiger partial charge < -0.3 is 9.15 Å². The fourth-order valence-corrected chi connectivity index (χ4v) is 2.75. The number of piperidine rings is 1. The Hall–Kier alpha value is -1.48. The topological polar surface area (TPSA) is 25.6 Å². The van der Waals surface area contributed by atoms with Gasteiger partial charge in [0.25, 0.3) is 0 Å². The van der Waals surface area contributed by atoms with E-state index in [0.29, 0.717) is 0 Å². The van der Waals surface area contributed by atoms with Crippen LogP contribution in [0, 0.1) is 6.92 Å². The lowest BCUT2D eigenvalue weighted by atomic mass is 10.1. The molecular weight excluding hydrogens is 238 g/mol. The monoisotopic (exact) mass is 259 g/mol. The van der Waals surface area contributed by atoms with E-state index in [1.807, 2.05) is 25.1 Å². The van der Waals surface area contributed by atoms with Gasteiger partial charge >= 0.3 is 0 Å². The average molecular weight is 259 g/mol. The quantitative estimate of drug-likeness (QED) is 0.839. The molecule has 0 saturated carbocycles. The summed E-state index contributed by atoms with van der Waals surface area (Å²) < 4.78 is 11.6. The van der Waals surface area contributed by atoms with Gasteiger partial charge in [-0.3, -0.25) is 4.90 Å². The van der Waals surface area contributed by atoms with Crippen molar-refractivity contribution >= 4 is 11.0 Å². The number of rotatable bonds is 4. The summed E-state index contributed by atoms with van der Waals surface area (Å²) in [4.78, 5) is 2.48. The van der Waals surface area contributed by atoms with Crippen molar-refractivity contribution in [3.8, 4) is 5.75 Å². The number of hydrogen-bond acceptors (Lipinski definition) is 3. The summed E-state index contributed by atoms with van der Waals surface area (Å²) in [7, 11) is 0. The minimum absolute atomic E-state index is 0.735. The average Bonchev–Trinajstić information content (AvgIpc) is 2.81. The lowest BCUT2D eigenvalue weighted by Gasteiger charge is -2.26. The summed E-state index contributed by atoms with van der Waals surface area (Å²) in [5, 5.41) is 1.12. The van der Waals surface area contributed by atoms with Crippen molar-refractivity contribution in [2.24, 2.45) is 0 Å². The van der Waals surface area contributed by atoms with Gasteiger partial charge in [0.1, 0.15) is 12.4 Å². The van der Waals surface area contributed by atoms with Crippen LogP contribution in [0.2, 0.25) is 0 Å². The van der Waals surface area contributed by atoms with Gasteiger partial charge in [0.15, 0.2) is 11.3 Å². The van der Waals surface area contributed by atoms with E-state index in [-0.39, 0.29) is 0 Å². The molecule has 3 heteroatoms. The molecule has 0 unspecified atom stereocenters. The fraction of sp³-hybridized carbons (Fsp3) is 0.500. The third kappa shape index (κ3) is 2.92. The van der Waals surface area contributed by atoms with E-state index in [2.05, 4.69) is 11.0 Å². The van der Waals surface area contributed by atoms with Gasteiger partial charge in [-0.05, 0) is 45.0 Å². The third-order valence-corrected chi connectivity index (χ3v) is 3.74. The standard InChI is InChI=1S/C16H21NO2/c1-13-12-14-6-5-7-15(16(14)19-13)18-11-10-17-8-3-2-4-9-17/h5-7,12H,2-4,8-11H2,1H3. The van der Waals surface area contributed by atoms with Crippen molar-refractivity contribution in [3.05, 3.63) is 30.0 Å². The fourth-order valence-electron chi connectivity index (χ4n) is 2.75. The summed E-state index contributed by atoms with van der Waals surface area (Å²) in [6.45, 7) is 6.15. The van der Waals surface area contributed by atoms with Crippen molar-refractivity contribution in [1.82, 2.24) is 4.90 Å². The van der Waals surface area contributed by atoms with E-state index in [1.165, 1.54) is 32.4 Å². The minimum Gasteiger partial charge on any atom is -0.488 e. The van der Waals surface area contributed by atoms with Gasteiger partial charge in [-0.2, -0.15) is 0 Å². The van der Waals surface area contributed by atoms with Crippen LogP contribution in [-0.2, 0) is 0 Å². The SMILES string of the molecule is Cc1cc2cccc(OCCN3CCCCC3)c2o1. The molecule has 1 aliphatic heterocycles. The number of furan rings is 1. The normalized spacial score (nSPS) is 16.9.